The second-order valence-corrected chi connectivity index (χ2v) is 5.24. The van der Waals surface area contributed by atoms with Gasteiger partial charge in [0.05, 0.1) is 5.69 Å². The number of amides is 1. The first-order chi connectivity index (χ1) is 11.0. The minimum atomic E-state index is -0.549. The van der Waals surface area contributed by atoms with Crippen molar-refractivity contribution in [2.75, 3.05) is 10.6 Å². The molecule has 0 aliphatic heterocycles. The van der Waals surface area contributed by atoms with Crippen LogP contribution in [0.3, 0.4) is 0 Å². The number of aromatic hydroxyl groups is 1. The zero-order valence-corrected chi connectivity index (χ0v) is 13.1. The van der Waals surface area contributed by atoms with Crippen LogP contribution in [0.5, 0.6) is 5.75 Å². The van der Waals surface area contributed by atoms with Gasteiger partial charge in [-0.2, -0.15) is 5.26 Å². The van der Waals surface area contributed by atoms with Gasteiger partial charge in [0.1, 0.15) is 17.4 Å². The first-order valence-electron chi connectivity index (χ1n) is 6.73. The zero-order valence-electron chi connectivity index (χ0n) is 12.3. The molecule has 0 aliphatic rings. The van der Waals surface area contributed by atoms with Crippen molar-refractivity contribution in [3.63, 3.8) is 0 Å². The molecule has 0 saturated carbocycles. The van der Waals surface area contributed by atoms with Gasteiger partial charge in [-0.1, -0.05) is 23.7 Å². The van der Waals surface area contributed by atoms with Crippen molar-refractivity contribution in [2.24, 2.45) is 0 Å². The van der Waals surface area contributed by atoms with Gasteiger partial charge < -0.3 is 15.7 Å². The summed E-state index contributed by atoms with van der Waals surface area (Å²) in [6, 6.07) is 13.5. The maximum Gasteiger partial charge on any atom is 0.267 e. The number of aryl methyl sites for hydroxylation is 1. The van der Waals surface area contributed by atoms with Crippen LogP contribution in [-0.2, 0) is 4.79 Å². The van der Waals surface area contributed by atoms with Gasteiger partial charge in [0, 0.05) is 16.9 Å². The van der Waals surface area contributed by atoms with E-state index in [4.69, 9.17) is 16.9 Å². The molecule has 2 aromatic carbocycles. The number of nitrogens with one attached hydrogen (secondary N) is 2. The van der Waals surface area contributed by atoms with E-state index in [1.807, 2.05) is 25.1 Å². The summed E-state index contributed by atoms with van der Waals surface area (Å²) in [7, 11) is 0. The fourth-order valence-electron chi connectivity index (χ4n) is 1.84. The quantitative estimate of drug-likeness (QED) is 0.453. The van der Waals surface area contributed by atoms with Crippen molar-refractivity contribution >= 4 is 28.9 Å². The van der Waals surface area contributed by atoms with E-state index in [1.54, 1.807) is 12.1 Å². The molecule has 0 heterocycles. The number of anilines is 2. The summed E-state index contributed by atoms with van der Waals surface area (Å²) in [5.41, 5.74) is 1.76. The maximum atomic E-state index is 12.1. The standard InChI is InChI=1S/C17H14ClN3O2/c1-11-3-2-4-14(7-11)21-17(23)12(9-19)10-20-15-8-13(18)5-6-16(15)22/h2-8,10,20,22H,1H3,(H,21,23)/b12-10-. The van der Waals surface area contributed by atoms with E-state index >= 15 is 0 Å². The molecule has 23 heavy (non-hydrogen) atoms. The molecule has 0 aromatic heterocycles. The number of phenolic OH excluding ortho intramolecular Hbond substituents is 1. The molecule has 2 rings (SSSR count). The van der Waals surface area contributed by atoms with Crippen LogP contribution in [-0.4, -0.2) is 11.0 Å². The lowest BCUT2D eigenvalue weighted by atomic mass is 10.2. The Labute approximate surface area is 138 Å². The minimum absolute atomic E-state index is 0.0398. The van der Waals surface area contributed by atoms with Gasteiger partial charge in [-0.25, -0.2) is 0 Å². The number of halogens is 1. The number of rotatable bonds is 4. The largest absolute Gasteiger partial charge is 0.506 e. The predicted molar refractivity (Wildman–Crippen MR) is 90.2 cm³/mol. The first kappa shape index (κ1) is 16.4. The average molecular weight is 328 g/mol. The van der Waals surface area contributed by atoms with Crippen LogP contribution < -0.4 is 10.6 Å². The van der Waals surface area contributed by atoms with E-state index in [-0.39, 0.29) is 11.3 Å². The summed E-state index contributed by atoms with van der Waals surface area (Å²) in [4.78, 5) is 12.1. The molecule has 0 unspecified atom stereocenters. The molecule has 3 N–H and O–H groups in total. The van der Waals surface area contributed by atoms with E-state index in [1.165, 1.54) is 24.4 Å². The van der Waals surface area contributed by atoms with Crippen LogP contribution in [0.2, 0.25) is 5.02 Å². The third-order valence-corrected chi connectivity index (χ3v) is 3.21. The van der Waals surface area contributed by atoms with E-state index in [0.717, 1.165) is 5.56 Å². The first-order valence-corrected chi connectivity index (χ1v) is 7.11. The number of nitrogens with zero attached hydrogens (tertiary/aromatic N) is 1. The van der Waals surface area contributed by atoms with Crippen LogP contribution >= 0.6 is 11.6 Å². The lowest BCUT2D eigenvalue weighted by molar-refractivity contribution is -0.112. The molecule has 0 aliphatic carbocycles. The molecule has 0 bridgehead atoms. The predicted octanol–water partition coefficient (Wildman–Crippen LogP) is 3.81. The summed E-state index contributed by atoms with van der Waals surface area (Å²) < 4.78 is 0. The molecule has 0 spiro atoms. The molecule has 1 amide bonds. The lowest BCUT2D eigenvalue weighted by Crippen LogP contribution is -2.14. The number of phenols is 1. The number of hydrogen-bond acceptors (Lipinski definition) is 4. The van der Waals surface area contributed by atoms with E-state index in [9.17, 15) is 9.90 Å². The Morgan fingerprint density at radius 2 is 2.09 bits per heavy atom. The van der Waals surface area contributed by atoms with E-state index < -0.39 is 5.91 Å². The second kappa shape index (κ2) is 7.34. The van der Waals surface area contributed by atoms with Gasteiger partial charge >= 0.3 is 0 Å². The summed E-state index contributed by atoms with van der Waals surface area (Å²) >= 11 is 5.83. The van der Waals surface area contributed by atoms with Crippen molar-refractivity contribution in [1.82, 2.24) is 0 Å². The smallest absolute Gasteiger partial charge is 0.267 e. The van der Waals surface area contributed by atoms with E-state index in [2.05, 4.69) is 10.6 Å². The lowest BCUT2D eigenvalue weighted by Gasteiger charge is -2.07. The molecule has 2 aromatic rings. The second-order valence-electron chi connectivity index (χ2n) is 4.80. The van der Waals surface area contributed by atoms with Gasteiger partial charge in [-0.3, -0.25) is 4.79 Å². The molecular formula is C17H14ClN3O2. The van der Waals surface area contributed by atoms with Gasteiger partial charge in [0.2, 0.25) is 0 Å². The number of benzene rings is 2. The van der Waals surface area contributed by atoms with Gasteiger partial charge in [0.25, 0.3) is 5.91 Å². The molecule has 0 saturated heterocycles. The molecule has 0 fully saturated rings. The van der Waals surface area contributed by atoms with Crippen molar-refractivity contribution < 1.29 is 9.90 Å². The van der Waals surface area contributed by atoms with Gasteiger partial charge in [-0.15, -0.1) is 0 Å². The van der Waals surface area contributed by atoms with Crippen molar-refractivity contribution in [1.29, 1.82) is 5.26 Å². The highest BCUT2D eigenvalue weighted by atomic mass is 35.5. The Kier molecular flexibility index (Phi) is 5.23. The van der Waals surface area contributed by atoms with Crippen LogP contribution in [0, 0.1) is 18.3 Å². The zero-order chi connectivity index (χ0) is 16.8. The number of nitriles is 1. The molecule has 0 atom stereocenters. The number of hydrogen-bond donors (Lipinski definition) is 3. The van der Waals surface area contributed by atoms with Crippen LogP contribution in [0.15, 0.2) is 54.2 Å². The Morgan fingerprint density at radius 1 is 1.30 bits per heavy atom. The SMILES string of the molecule is Cc1cccc(NC(=O)/C(C#N)=C\Nc2cc(Cl)ccc2O)c1. The summed E-state index contributed by atoms with van der Waals surface area (Å²) in [6.07, 6.45) is 1.22. The highest BCUT2D eigenvalue weighted by molar-refractivity contribution is 6.30. The molecule has 116 valence electrons. The van der Waals surface area contributed by atoms with Crippen molar-refractivity contribution in [3.8, 4) is 11.8 Å². The normalized spacial score (nSPS) is 10.7. The summed E-state index contributed by atoms with van der Waals surface area (Å²) in [5, 5.41) is 24.6. The average Bonchev–Trinajstić information content (AvgIpc) is 2.51. The molecule has 6 heteroatoms. The topological polar surface area (TPSA) is 85.2 Å². The Bertz CT molecular complexity index is 810. The maximum absolute atomic E-state index is 12.1. The van der Waals surface area contributed by atoms with Gasteiger partial charge in [0.15, 0.2) is 0 Å². The van der Waals surface area contributed by atoms with Crippen LogP contribution in [0.25, 0.3) is 0 Å². The van der Waals surface area contributed by atoms with Crippen molar-refractivity contribution in [3.05, 3.63) is 64.8 Å². The molecule has 0 radical (unpaired) electrons. The fraction of sp³-hybridized carbons (Fsp3) is 0.0588. The summed E-state index contributed by atoms with van der Waals surface area (Å²) in [5.74, 6) is -0.589. The van der Waals surface area contributed by atoms with Crippen molar-refractivity contribution in [2.45, 2.75) is 6.92 Å². The third-order valence-electron chi connectivity index (χ3n) is 2.97. The molecule has 5 nitrogen and oxygen atoms in total. The van der Waals surface area contributed by atoms with Crippen LogP contribution in [0.4, 0.5) is 11.4 Å². The highest BCUT2D eigenvalue weighted by Gasteiger charge is 2.10. The van der Waals surface area contributed by atoms with Gasteiger partial charge in [-0.05, 0) is 42.8 Å². The monoisotopic (exact) mass is 327 g/mol. The Hall–Kier alpha value is -2.97. The number of carbonyl (C=O) groups is 1. The summed E-state index contributed by atoms with van der Waals surface area (Å²) in [6.45, 7) is 1.90. The highest BCUT2D eigenvalue weighted by Crippen LogP contribution is 2.26. The molecular weight excluding hydrogens is 314 g/mol. The van der Waals surface area contributed by atoms with Crippen LogP contribution in [0.1, 0.15) is 5.56 Å². The fourth-order valence-corrected chi connectivity index (χ4v) is 2.02. The number of carbonyl (C=O) groups excluding carboxylic acids is 1. The minimum Gasteiger partial charge on any atom is -0.506 e. The van der Waals surface area contributed by atoms with E-state index in [0.29, 0.717) is 16.4 Å². The Balaban J connectivity index is 2.14. The third kappa shape index (κ3) is 4.50. The Morgan fingerprint density at radius 3 is 2.78 bits per heavy atom.